The molecule has 2 rings (SSSR count). The molecule has 0 radical (unpaired) electrons. The lowest BCUT2D eigenvalue weighted by atomic mass is 10.0. The van der Waals surface area contributed by atoms with Crippen molar-refractivity contribution in [2.24, 2.45) is 5.16 Å². The minimum Gasteiger partial charge on any atom is -0.386 e. The minimum atomic E-state index is -0.203. The van der Waals surface area contributed by atoms with Gasteiger partial charge in [-0.1, -0.05) is 67.5 Å². The van der Waals surface area contributed by atoms with Crippen LogP contribution in [0, 0.1) is 0 Å². The third-order valence-corrected chi connectivity index (χ3v) is 3.53. The number of para-hydroxylation sites is 1. The number of hydrogen-bond acceptors (Lipinski definition) is 3. The Morgan fingerprint density at radius 2 is 1.70 bits per heavy atom. The molecular weight excluding hydrogens is 288 g/mol. The van der Waals surface area contributed by atoms with Crippen molar-refractivity contribution in [1.82, 2.24) is 0 Å². The van der Waals surface area contributed by atoms with Crippen molar-refractivity contribution in [3.8, 4) is 0 Å². The summed E-state index contributed by atoms with van der Waals surface area (Å²) in [5.74, 6) is -0.203. The first-order valence-corrected chi connectivity index (χ1v) is 7.85. The van der Waals surface area contributed by atoms with E-state index in [4.69, 9.17) is 4.84 Å². The zero-order chi connectivity index (χ0) is 16.5. The molecule has 0 unspecified atom stereocenters. The van der Waals surface area contributed by atoms with Gasteiger partial charge in [0.25, 0.3) is 5.91 Å². The van der Waals surface area contributed by atoms with Crippen LogP contribution in [0.3, 0.4) is 0 Å². The van der Waals surface area contributed by atoms with E-state index in [0.29, 0.717) is 0 Å². The number of oxime groups is 1. The fourth-order valence-electron chi connectivity index (χ4n) is 2.31. The van der Waals surface area contributed by atoms with Crippen LogP contribution in [0.15, 0.2) is 53.7 Å². The first kappa shape index (κ1) is 16.7. The quantitative estimate of drug-likeness (QED) is 0.624. The predicted octanol–water partition coefficient (Wildman–Crippen LogP) is 3.80. The van der Waals surface area contributed by atoms with Gasteiger partial charge in [0.2, 0.25) is 0 Å². The smallest absolute Gasteiger partial charge is 0.265 e. The van der Waals surface area contributed by atoms with Crippen molar-refractivity contribution >= 4 is 17.8 Å². The normalized spacial score (nSPS) is 10.7. The van der Waals surface area contributed by atoms with Crippen LogP contribution in [0.4, 0.5) is 5.69 Å². The number of carbonyl (C=O) groups is 1. The Morgan fingerprint density at radius 3 is 2.30 bits per heavy atom. The van der Waals surface area contributed by atoms with E-state index in [9.17, 15) is 4.79 Å². The van der Waals surface area contributed by atoms with Crippen LogP contribution in [-0.2, 0) is 22.5 Å². The molecule has 0 aliphatic rings. The largest absolute Gasteiger partial charge is 0.386 e. The lowest BCUT2D eigenvalue weighted by molar-refractivity contribution is -0.120. The highest BCUT2D eigenvalue weighted by Gasteiger charge is 2.10. The molecule has 0 heterocycles. The molecule has 0 aromatic heterocycles. The third-order valence-electron chi connectivity index (χ3n) is 3.53. The maximum absolute atomic E-state index is 12.1. The maximum Gasteiger partial charge on any atom is 0.265 e. The van der Waals surface area contributed by atoms with Crippen molar-refractivity contribution in [2.45, 2.75) is 26.7 Å². The highest BCUT2D eigenvalue weighted by molar-refractivity contribution is 5.93. The highest BCUT2D eigenvalue weighted by Crippen LogP contribution is 2.22. The summed E-state index contributed by atoms with van der Waals surface area (Å²) in [5.41, 5.74) is 4.09. The van der Waals surface area contributed by atoms with E-state index < -0.39 is 0 Å². The summed E-state index contributed by atoms with van der Waals surface area (Å²) in [4.78, 5) is 17.1. The van der Waals surface area contributed by atoms with Gasteiger partial charge in [-0.3, -0.25) is 4.79 Å². The molecule has 2 aromatic rings. The van der Waals surface area contributed by atoms with Crippen LogP contribution < -0.4 is 5.32 Å². The number of rotatable bonds is 7. The van der Waals surface area contributed by atoms with Gasteiger partial charge < -0.3 is 10.2 Å². The zero-order valence-electron chi connectivity index (χ0n) is 13.6. The molecule has 0 aliphatic carbocycles. The fourth-order valence-corrected chi connectivity index (χ4v) is 2.31. The van der Waals surface area contributed by atoms with Gasteiger partial charge in [0, 0.05) is 5.69 Å². The summed E-state index contributed by atoms with van der Waals surface area (Å²) in [5, 5.41) is 6.76. The van der Waals surface area contributed by atoms with Crippen molar-refractivity contribution in [1.29, 1.82) is 0 Å². The van der Waals surface area contributed by atoms with Gasteiger partial charge >= 0.3 is 0 Å². The Morgan fingerprint density at radius 1 is 1.04 bits per heavy atom. The molecule has 0 spiro atoms. The lowest BCUT2D eigenvalue weighted by Crippen LogP contribution is -2.19. The molecule has 0 saturated heterocycles. The maximum atomic E-state index is 12.1. The van der Waals surface area contributed by atoms with Crippen LogP contribution >= 0.6 is 0 Å². The second-order valence-corrected chi connectivity index (χ2v) is 5.13. The summed E-state index contributed by atoms with van der Waals surface area (Å²) in [6, 6.07) is 15.7. The van der Waals surface area contributed by atoms with Gasteiger partial charge in [0.05, 0.1) is 6.21 Å². The molecule has 0 aliphatic heterocycles. The van der Waals surface area contributed by atoms with Crippen LogP contribution in [0.1, 0.15) is 30.5 Å². The Labute approximate surface area is 137 Å². The van der Waals surface area contributed by atoms with Crippen LogP contribution in [0.2, 0.25) is 0 Å². The second kappa shape index (κ2) is 8.73. The zero-order valence-corrected chi connectivity index (χ0v) is 13.6. The first-order chi connectivity index (χ1) is 11.2. The van der Waals surface area contributed by atoms with Crippen molar-refractivity contribution in [3.05, 3.63) is 65.2 Å². The monoisotopic (exact) mass is 310 g/mol. The number of hydrogen-bond donors (Lipinski definition) is 1. The number of carbonyl (C=O) groups excluding carboxylic acids is 1. The van der Waals surface area contributed by atoms with E-state index in [1.54, 1.807) is 6.21 Å². The average Bonchev–Trinajstić information content (AvgIpc) is 2.60. The molecule has 1 N–H and O–H groups in total. The van der Waals surface area contributed by atoms with Gasteiger partial charge in [-0.2, -0.15) is 0 Å². The van der Waals surface area contributed by atoms with E-state index in [-0.39, 0.29) is 12.5 Å². The van der Waals surface area contributed by atoms with Crippen molar-refractivity contribution < 1.29 is 9.63 Å². The number of benzene rings is 2. The summed E-state index contributed by atoms with van der Waals surface area (Å²) >= 11 is 0. The highest BCUT2D eigenvalue weighted by atomic mass is 16.6. The fraction of sp³-hybridized carbons (Fsp3) is 0.263. The van der Waals surface area contributed by atoms with Crippen LogP contribution in [0.25, 0.3) is 0 Å². The number of anilines is 1. The van der Waals surface area contributed by atoms with Crippen LogP contribution in [-0.4, -0.2) is 18.7 Å². The molecule has 23 heavy (non-hydrogen) atoms. The Kier molecular flexibility index (Phi) is 6.36. The molecule has 2 aromatic carbocycles. The molecule has 120 valence electrons. The van der Waals surface area contributed by atoms with E-state index in [0.717, 1.165) is 35.2 Å². The third kappa shape index (κ3) is 4.95. The van der Waals surface area contributed by atoms with Gasteiger partial charge in [0.15, 0.2) is 6.61 Å². The summed E-state index contributed by atoms with van der Waals surface area (Å²) < 4.78 is 0. The molecule has 0 atom stereocenters. The first-order valence-electron chi connectivity index (χ1n) is 7.85. The summed E-state index contributed by atoms with van der Waals surface area (Å²) in [6.07, 6.45) is 3.33. The van der Waals surface area contributed by atoms with Gasteiger partial charge in [-0.25, -0.2) is 0 Å². The molecule has 1 amide bonds. The molecular formula is C19H22N2O2. The Bertz CT molecular complexity index is 644. The lowest BCUT2D eigenvalue weighted by Gasteiger charge is -2.13. The average molecular weight is 310 g/mol. The predicted molar refractivity (Wildman–Crippen MR) is 93.8 cm³/mol. The van der Waals surface area contributed by atoms with E-state index in [2.05, 4.69) is 24.3 Å². The number of amides is 1. The standard InChI is InChI=1S/C19H22N2O2/c1-3-16-11-8-12-17(4-2)19(16)21-18(22)14-23-20-13-15-9-6-5-7-10-15/h5-13H,3-4,14H2,1-2H3,(H,21,22)/b20-13-. The topological polar surface area (TPSA) is 50.7 Å². The summed E-state index contributed by atoms with van der Waals surface area (Å²) in [6.45, 7) is 4.04. The van der Waals surface area contributed by atoms with E-state index in [1.165, 1.54) is 0 Å². The van der Waals surface area contributed by atoms with Crippen molar-refractivity contribution in [2.75, 3.05) is 11.9 Å². The second-order valence-electron chi connectivity index (χ2n) is 5.13. The number of nitrogens with one attached hydrogen (secondary N) is 1. The van der Waals surface area contributed by atoms with Gasteiger partial charge in [-0.05, 0) is 29.5 Å². The number of nitrogens with zero attached hydrogens (tertiary/aromatic N) is 1. The van der Waals surface area contributed by atoms with Crippen LogP contribution in [0.5, 0.6) is 0 Å². The SMILES string of the molecule is CCc1cccc(CC)c1NC(=O)CO/N=C\c1ccccc1. The molecule has 4 heteroatoms. The molecule has 0 fully saturated rings. The van der Waals surface area contributed by atoms with Crippen molar-refractivity contribution in [3.63, 3.8) is 0 Å². The van der Waals surface area contributed by atoms with E-state index >= 15 is 0 Å². The Balaban J connectivity index is 1.91. The molecule has 0 saturated carbocycles. The molecule has 0 bridgehead atoms. The van der Waals surface area contributed by atoms with E-state index in [1.807, 2.05) is 48.5 Å². The van der Waals surface area contributed by atoms with Gasteiger partial charge in [-0.15, -0.1) is 0 Å². The minimum absolute atomic E-state index is 0.107. The van der Waals surface area contributed by atoms with Gasteiger partial charge in [0.1, 0.15) is 0 Å². The summed E-state index contributed by atoms with van der Waals surface area (Å²) in [7, 11) is 0. The number of aryl methyl sites for hydroxylation is 2. The molecule has 4 nitrogen and oxygen atoms in total. The Hall–Kier alpha value is -2.62.